The number of ether oxygens (including phenoxy) is 1. The fourth-order valence-corrected chi connectivity index (χ4v) is 2.43. The lowest BCUT2D eigenvalue weighted by Gasteiger charge is -2.14. The average Bonchev–Trinajstić information content (AvgIpc) is 2.93. The minimum atomic E-state index is -0.0367. The van der Waals surface area contributed by atoms with E-state index in [0.29, 0.717) is 5.92 Å². The van der Waals surface area contributed by atoms with Gasteiger partial charge in [-0.25, -0.2) is 0 Å². The Morgan fingerprint density at radius 2 is 2.32 bits per heavy atom. The number of hydrogen-bond acceptors (Lipinski definition) is 3. The number of amides is 1. The van der Waals surface area contributed by atoms with Crippen molar-refractivity contribution >= 4 is 11.6 Å². The average molecular weight is 262 g/mol. The van der Waals surface area contributed by atoms with E-state index in [1.165, 1.54) is 6.42 Å². The van der Waals surface area contributed by atoms with E-state index >= 15 is 0 Å². The first kappa shape index (κ1) is 13.9. The maximum Gasteiger partial charge on any atom is 0.251 e. The van der Waals surface area contributed by atoms with Crippen LogP contribution in [0.25, 0.3) is 0 Å². The van der Waals surface area contributed by atoms with Gasteiger partial charge in [0.1, 0.15) is 0 Å². The van der Waals surface area contributed by atoms with Crippen molar-refractivity contribution in [3.05, 3.63) is 29.3 Å². The van der Waals surface area contributed by atoms with E-state index in [0.717, 1.165) is 43.0 Å². The molecule has 1 saturated heterocycles. The summed E-state index contributed by atoms with van der Waals surface area (Å²) < 4.78 is 5.37. The lowest BCUT2D eigenvalue weighted by atomic mass is 10.0. The molecular weight excluding hydrogens is 240 g/mol. The van der Waals surface area contributed by atoms with Gasteiger partial charge in [-0.3, -0.25) is 4.79 Å². The summed E-state index contributed by atoms with van der Waals surface area (Å²) in [5.41, 5.74) is 2.78. The van der Waals surface area contributed by atoms with E-state index in [9.17, 15) is 4.79 Å². The van der Waals surface area contributed by atoms with Gasteiger partial charge in [-0.2, -0.15) is 0 Å². The molecule has 1 aliphatic rings. The van der Waals surface area contributed by atoms with E-state index < -0.39 is 0 Å². The molecule has 1 aromatic carbocycles. The summed E-state index contributed by atoms with van der Waals surface area (Å²) in [4.78, 5) is 11.7. The van der Waals surface area contributed by atoms with Crippen molar-refractivity contribution in [3.63, 3.8) is 0 Å². The molecule has 1 aromatic rings. The summed E-state index contributed by atoms with van der Waals surface area (Å²) in [6.45, 7) is 4.69. The van der Waals surface area contributed by atoms with Crippen LogP contribution in [-0.2, 0) is 4.74 Å². The van der Waals surface area contributed by atoms with Gasteiger partial charge in [0.05, 0.1) is 0 Å². The highest BCUT2D eigenvalue weighted by Crippen LogP contribution is 2.20. The Hall–Kier alpha value is -1.55. The normalized spacial score (nSPS) is 18.3. The Bertz CT molecular complexity index is 440. The Balaban J connectivity index is 1.94. The molecule has 4 nitrogen and oxygen atoms in total. The lowest BCUT2D eigenvalue weighted by molar-refractivity contribution is 0.0962. The summed E-state index contributed by atoms with van der Waals surface area (Å²) in [6.07, 6.45) is 2.28. The molecular formula is C15H22N2O2. The van der Waals surface area contributed by atoms with Crippen molar-refractivity contribution in [1.29, 1.82) is 0 Å². The van der Waals surface area contributed by atoms with Crippen molar-refractivity contribution in [2.45, 2.75) is 19.8 Å². The molecule has 2 N–H and O–H groups in total. The number of anilines is 1. The Morgan fingerprint density at radius 1 is 1.47 bits per heavy atom. The number of carbonyl (C=O) groups excluding carboxylic acids is 1. The quantitative estimate of drug-likeness (QED) is 0.855. The Kier molecular flexibility index (Phi) is 4.80. The zero-order chi connectivity index (χ0) is 13.7. The summed E-state index contributed by atoms with van der Waals surface area (Å²) in [5, 5.41) is 6.09. The second-order valence-corrected chi connectivity index (χ2v) is 5.00. The molecule has 0 bridgehead atoms. The largest absolute Gasteiger partial charge is 0.385 e. The molecule has 1 fully saturated rings. The zero-order valence-electron chi connectivity index (χ0n) is 11.7. The van der Waals surface area contributed by atoms with Crippen LogP contribution in [0.4, 0.5) is 5.69 Å². The molecule has 0 spiro atoms. The van der Waals surface area contributed by atoms with Gasteiger partial charge in [0.2, 0.25) is 0 Å². The van der Waals surface area contributed by atoms with Gasteiger partial charge in [0.25, 0.3) is 5.91 Å². The smallest absolute Gasteiger partial charge is 0.251 e. The maximum absolute atomic E-state index is 11.7. The van der Waals surface area contributed by atoms with Crippen LogP contribution in [0.15, 0.2) is 18.2 Å². The highest BCUT2D eigenvalue weighted by Gasteiger charge is 2.15. The third-order valence-electron chi connectivity index (χ3n) is 3.70. The molecule has 0 aliphatic carbocycles. The van der Waals surface area contributed by atoms with Gasteiger partial charge in [0.15, 0.2) is 0 Å². The second kappa shape index (κ2) is 6.57. The fraction of sp³-hybridized carbons (Fsp3) is 0.533. The van der Waals surface area contributed by atoms with Gasteiger partial charge in [0, 0.05) is 38.1 Å². The van der Waals surface area contributed by atoms with Crippen molar-refractivity contribution in [3.8, 4) is 0 Å². The minimum absolute atomic E-state index is 0.0367. The zero-order valence-corrected chi connectivity index (χ0v) is 11.7. The topological polar surface area (TPSA) is 50.4 Å². The molecule has 0 radical (unpaired) electrons. The third kappa shape index (κ3) is 3.47. The Morgan fingerprint density at radius 3 is 3.00 bits per heavy atom. The maximum atomic E-state index is 11.7. The van der Waals surface area contributed by atoms with Gasteiger partial charge in [-0.05, 0) is 43.4 Å². The molecule has 1 unspecified atom stereocenters. The molecule has 1 atom stereocenters. The number of benzene rings is 1. The van der Waals surface area contributed by atoms with E-state index in [1.807, 2.05) is 25.1 Å². The first-order valence-electron chi connectivity index (χ1n) is 6.85. The van der Waals surface area contributed by atoms with Crippen LogP contribution in [0.1, 0.15) is 28.8 Å². The summed E-state index contributed by atoms with van der Waals surface area (Å²) in [7, 11) is 1.65. The van der Waals surface area contributed by atoms with Crippen molar-refractivity contribution in [2.75, 3.05) is 32.1 Å². The van der Waals surface area contributed by atoms with Crippen LogP contribution >= 0.6 is 0 Å². The van der Waals surface area contributed by atoms with Crippen molar-refractivity contribution in [1.82, 2.24) is 5.32 Å². The monoisotopic (exact) mass is 262 g/mol. The van der Waals surface area contributed by atoms with E-state index in [4.69, 9.17) is 4.74 Å². The molecule has 1 heterocycles. The number of carbonyl (C=O) groups is 1. The standard InChI is InChI=1S/C15H22N2O2/c1-11-13(15(18)16-2)4-3-5-14(11)17-8-6-12-7-9-19-10-12/h3-5,12,17H,6-10H2,1-2H3,(H,16,18). The van der Waals surface area contributed by atoms with Crippen LogP contribution in [0.3, 0.4) is 0 Å². The first-order chi connectivity index (χ1) is 9.22. The molecule has 0 saturated carbocycles. The predicted molar refractivity (Wildman–Crippen MR) is 76.6 cm³/mol. The van der Waals surface area contributed by atoms with Crippen molar-refractivity contribution < 1.29 is 9.53 Å². The van der Waals surface area contributed by atoms with Crippen LogP contribution in [0.2, 0.25) is 0 Å². The summed E-state index contributed by atoms with van der Waals surface area (Å²) >= 11 is 0. The van der Waals surface area contributed by atoms with Crippen LogP contribution < -0.4 is 10.6 Å². The van der Waals surface area contributed by atoms with Gasteiger partial charge >= 0.3 is 0 Å². The van der Waals surface area contributed by atoms with Gasteiger partial charge in [-0.15, -0.1) is 0 Å². The molecule has 0 aromatic heterocycles. The summed E-state index contributed by atoms with van der Waals surface area (Å²) in [6, 6.07) is 5.79. The van der Waals surface area contributed by atoms with Gasteiger partial charge in [-0.1, -0.05) is 6.07 Å². The Labute approximate surface area is 114 Å². The molecule has 1 amide bonds. The third-order valence-corrected chi connectivity index (χ3v) is 3.70. The van der Waals surface area contributed by atoms with E-state index in [1.54, 1.807) is 7.05 Å². The predicted octanol–water partition coefficient (Wildman–Crippen LogP) is 2.19. The van der Waals surface area contributed by atoms with E-state index in [2.05, 4.69) is 10.6 Å². The summed E-state index contributed by atoms with van der Waals surface area (Å²) in [5.74, 6) is 0.639. The molecule has 19 heavy (non-hydrogen) atoms. The van der Waals surface area contributed by atoms with Crippen LogP contribution in [-0.4, -0.2) is 32.7 Å². The molecule has 1 aliphatic heterocycles. The number of hydrogen-bond donors (Lipinski definition) is 2. The van der Waals surface area contributed by atoms with Crippen LogP contribution in [0, 0.1) is 12.8 Å². The number of rotatable bonds is 5. The highest BCUT2D eigenvalue weighted by atomic mass is 16.5. The van der Waals surface area contributed by atoms with E-state index in [-0.39, 0.29) is 5.91 Å². The molecule has 104 valence electrons. The van der Waals surface area contributed by atoms with Gasteiger partial charge < -0.3 is 15.4 Å². The second-order valence-electron chi connectivity index (χ2n) is 5.00. The molecule has 2 rings (SSSR count). The molecule has 4 heteroatoms. The van der Waals surface area contributed by atoms with Crippen LogP contribution in [0.5, 0.6) is 0 Å². The number of nitrogens with one attached hydrogen (secondary N) is 2. The lowest BCUT2D eigenvalue weighted by Crippen LogP contribution is -2.19. The highest BCUT2D eigenvalue weighted by molar-refractivity contribution is 5.96. The first-order valence-corrected chi connectivity index (χ1v) is 6.85. The SMILES string of the molecule is CNC(=O)c1cccc(NCCC2CCOC2)c1C. The minimum Gasteiger partial charge on any atom is -0.385 e. The van der Waals surface area contributed by atoms with Crippen molar-refractivity contribution in [2.24, 2.45) is 5.92 Å². The fourth-order valence-electron chi connectivity index (χ4n) is 2.43.